The summed E-state index contributed by atoms with van der Waals surface area (Å²) in [7, 11) is 0. The third-order valence-electron chi connectivity index (χ3n) is 6.53. The summed E-state index contributed by atoms with van der Waals surface area (Å²) >= 11 is 7.88. The van der Waals surface area contributed by atoms with Crippen molar-refractivity contribution in [3.05, 3.63) is 76.7 Å². The molecule has 1 amide bonds. The molecule has 5 rings (SSSR count). The van der Waals surface area contributed by atoms with E-state index in [1.165, 1.54) is 23.9 Å². The zero-order chi connectivity index (χ0) is 26.6. The molecule has 0 bridgehead atoms. The predicted molar refractivity (Wildman–Crippen MR) is 150 cm³/mol. The summed E-state index contributed by atoms with van der Waals surface area (Å²) in [6, 6.07) is 13.8. The number of ether oxygens (including phenoxy) is 1. The molecule has 2 atom stereocenters. The largest absolute Gasteiger partial charge is 0.380 e. The average molecular weight is 554 g/mol. The maximum atomic E-state index is 13.6. The smallest absolute Gasteiger partial charge is 0.247 e. The molecule has 1 fully saturated rings. The van der Waals surface area contributed by atoms with Gasteiger partial charge in [0.05, 0.1) is 17.7 Å². The first-order valence-electron chi connectivity index (χ1n) is 12.6. The fourth-order valence-corrected chi connectivity index (χ4v) is 5.47. The fraction of sp³-hybridized carbons (Fsp3) is 0.321. The van der Waals surface area contributed by atoms with Crippen molar-refractivity contribution in [3.8, 4) is 11.5 Å². The first-order chi connectivity index (χ1) is 18.4. The van der Waals surface area contributed by atoms with Crippen molar-refractivity contribution in [1.29, 1.82) is 0 Å². The van der Waals surface area contributed by atoms with Crippen molar-refractivity contribution in [2.24, 2.45) is 0 Å². The molecule has 7 nitrogen and oxygen atoms in total. The minimum Gasteiger partial charge on any atom is -0.380 e. The molecule has 0 saturated carbocycles. The molecule has 0 aliphatic carbocycles. The number of thioether (sulfide) groups is 1. The Bertz CT molecular complexity index is 1390. The summed E-state index contributed by atoms with van der Waals surface area (Å²) in [6.45, 7) is 5.36. The van der Waals surface area contributed by atoms with Gasteiger partial charge >= 0.3 is 0 Å². The Balaban J connectivity index is 1.35. The lowest BCUT2D eigenvalue weighted by Crippen LogP contribution is -2.27. The third-order valence-corrected chi connectivity index (χ3v) is 7.66. The van der Waals surface area contributed by atoms with Crippen LogP contribution >= 0.6 is 23.4 Å². The molecule has 2 N–H and O–H groups in total. The zero-order valence-electron chi connectivity index (χ0n) is 21.2. The number of amides is 1. The van der Waals surface area contributed by atoms with Crippen molar-refractivity contribution in [3.63, 3.8) is 0 Å². The highest BCUT2D eigenvalue weighted by atomic mass is 35.5. The lowest BCUT2D eigenvalue weighted by atomic mass is 10.1. The zero-order valence-corrected chi connectivity index (χ0v) is 22.8. The highest BCUT2D eigenvalue weighted by molar-refractivity contribution is 7.98. The van der Waals surface area contributed by atoms with Crippen LogP contribution in [-0.4, -0.2) is 39.7 Å². The van der Waals surface area contributed by atoms with Crippen molar-refractivity contribution >= 4 is 40.6 Å². The molecule has 2 aromatic rings. The first kappa shape index (κ1) is 26.5. The molecule has 38 heavy (non-hydrogen) atoms. The Morgan fingerprint density at radius 1 is 1.24 bits per heavy atom. The van der Waals surface area contributed by atoms with E-state index in [2.05, 4.69) is 15.6 Å². The summed E-state index contributed by atoms with van der Waals surface area (Å²) in [4.78, 5) is 22.9. The standard InChI is InChI=1S/C28H29ClFN5O2S/c1-3-25(27(36)32-23-13-21(9-4-17(23)2)31-22-10-11-37-15-22)35-14-19(29)12-24-26(35)34-28(33-24)38-16-18-5-7-20(30)8-6-18/h4-9,12-14,22,25,31H,3,10-11,15-16H2,1-2H3,(H,32,36). The van der Waals surface area contributed by atoms with Gasteiger partial charge in [0.25, 0.3) is 0 Å². The highest BCUT2D eigenvalue weighted by Crippen LogP contribution is 2.32. The van der Waals surface area contributed by atoms with E-state index in [0.29, 0.717) is 40.5 Å². The molecule has 1 saturated heterocycles. The predicted octanol–water partition coefficient (Wildman–Crippen LogP) is 6.57. The van der Waals surface area contributed by atoms with Crippen LogP contribution in [0, 0.1) is 12.7 Å². The minimum absolute atomic E-state index is 0.158. The quantitative estimate of drug-likeness (QED) is 0.228. The number of carbonyl (C=O) groups excluding carboxylic acids is 1. The molecule has 2 aromatic carbocycles. The molecular formula is C28H29ClFN5O2S. The highest BCUT2D eigenvalue weighted by Gasteiger charge is 2.26. The van der Waals surface area contributed by atoms with E-state index in [0.717, 1.165) is 35.5 Å². The van der Waals surface area contributed by atoms with Crippen molar-refractivity contribution < 1.29 is 13.9 Å². The van der Waals surface area contributed by atoms with Gasteiger partial charge in [-0.1, -0.05) is 48.5 Å². The van der Waals surface area contributed by atoms with Crippen molar-refractivity contribution in [2.75, 3.05) is 23.8 Å². The molecule has 0 spiro atoms. The number of nitrogens with zero attached hydrogens (tertiary/aromatic N) is 3. The number of aryl methyl sites for hydroxylation is 1. The lowest BCUT2D eigenvalue weighted by Gasteiger charge is -2.22. The topological polar surface area (TPSA) is 81.1 Å². The number of pyridine rings is 1. The van der Waals surface area contributed by atoms with Crippen LogP contribution in [0.3, 0.4) is 0 Å². The molecule has 3 aliphatic heterocycles. The average Bonchev–Trinajstić information content (AvgIpc) is 3.56. The second kappa shape index (κ2) is 11.7. The number of rotatable bonds is 9. The number of hydrogen-bond acceptors (Lipinski definition) is 6. The second-order valence-corrected chi connectivity index (χ2v) is 10.7. The number of benzene rings is 2. The van der Waals surface area contributed by atoms with Gasteiger partial charge < -0.3 is 19.9 Å². The summed E-state index contributed by atoms with van der Waals surface area (Å²) in [5.74, 6) is 0.759. The molecule has 0 radical (unpaired) electrons. The van der Waals surface area contributed by atoms with Gasteiger partial charge in [-0.05, 0) is 61.2 Å². The van der Waals surface area contributed by atoms with Gasteiger partial charge in [0.1, 0.15) is 17.6 Å². The number of nitrogens with one attached hydrogen (secondary N) is 2. The van der Waals surface area contributed by atoms with Crippen LogP contribution in [0.1, 0.15) is 36.9 Å². The summed E-state index contributed by atoms with van der Waals surface area (Å²) in [6.07, 6.45) is 3.22. The first-order valence-corrected chi connectivity index (χ1v) is 13.9. The van der Waals surface area contributed by atoms with Gasteiger partial charge in [0, 0.05) is 29.9 Å². The van der Waals surface area contributed by atoms with E-state index >= 15 is 0 Å². The van der Waals surface area contributed by atoms with Gasteiger partial charge in [-0.15, -0.1) is 0 Å². The molecule has 0 aromatic heterocycles. The Labute approximate surface area is 230 Å². The Kier molecular flexibility index (Phi) is 8.16. The Morgan fingerprint density at radius 2 is 2.05 bits per heavy atom. The number of imidazole rings is 1. The number of anilines is 2. The number of fused-ring (bicyclic) bond motifs is 1. The number of aromatic nitrogens is 3. The van der Waals surface area contributed by atoms with Gasteiger partial charge in [0.15, 0.2) is 11.0 Å². The van der Waals surface area contributed by atoms with Crippen LogP contribution in [0.2, 0.25) is 5.02 Å². The van der Waals surface area contributed by atoms with Crippen LogP contribution in [0.15, 0.2) is 59.9 Å². The Hall–Kier alpha value is -3.14. The fourth-order valence-electron chi connectivity index (χ4n) is 4.46. The van der Waals surface area contributed by atoms with Gasteiger partial charge in [0.2, 0.25) is 5.91 Å². The van der Waals surface area contributed by atoms with Crippen LogP contribution in [0.4, 0.5) is 15.8 Å². The number of carbonyl (C=O) groups is 1. The maximum absolute atomic E-state index is 13.6. The molecule has 2 unspecified atom stereocenters. The van der Waals surface area contributed by atoms with Crippen molar-refractivity contribution in [1.82, 2.24) is 14.5 Å². The van der Waals surface area contributed by atoms with Gasteiger partial charge in [-0.3, -0.25) is 4.79 Å². The molecule has 3 aliphatic rings. The van der Waals surface area contributed by atoms with E-state index in [1.54, 1.807) is 29.0 Å². The normalized spacial score (nSPS) is 16.1. The van der Waals surface area contributed by atoms with E-state index in [9.17, 15) is 9.18 Å². The monoisotopic (exact) mass is 553 g/mol. The van der Waals surface area contributed by atoms with Gasteiger partial charge in [-0.2, -0.15) is 0 Å². The summed E-state index contributed by atoms with van der Waals surface area (Å²) in [5.41, 5.74) is 4.24. The number of hydrogen-bond donors (Lipinski definition) is 2. The van der Waals surface area contributed by atoms with Crippen LogP contribution < -0.4 is 10.6 Å². The van der Waals surface area contributed by atoms with E-state index in [1.807, 2.05) is 32.0 Å². The van der Waals surface area contributed by atoms with Crippen molar-refractivity contribution in [2.45, 2.75) is 49.7 Å². The lowest BCUT2D eigenvalue weighted by molar-refractivity contribution is -0.119. The molecule has 3 heterocycles. The second-order valence-electron chi connectivity index (χ2n) is 9.34. The maximum Gasteiger partial charge on any atom is 0.247 e. The molecular weight excluding hydrogens is 525 g/mol. The molecule has 198 valence electrons. The molecule has 10 heteroatoms. The van der Waals surface area contributed by atoms with Crippen LogP contribution in [0.25, 0.3) is 11.5 Å². The number of halogens is 2. The summed E-state index contributed by atoms with van der Waals surface area (Å²) < 4.78 is 20.5. The van der Waals surface area contributed by atoms with E-state index in [-0.39, 0.29) is 17.8 Å². The van der Waals surface area contributed by atoms with Crippen LogP contribution in [-0.2, 0) is 15.3 Å². The third kappa shape index (κ3) is 6.11. The Morgan fingerprint density at radius 3 is 2.79 bits per heavy atom. The minimum atomic E-state index is -0.540. The van der Waals surface area contributed by atoms with Crippen LogP contribution in [0.5, 0.6) is 0 Å². The van der Waals surface area contributed by atoms with E-state index in [4.69, 9.17) is 21.3 Å². The van der Waals surface area contributed by atoms with Gasteiger partial charge in [-0.25, -0.2) is 14.4 Å². The summed E-state index contributed by atoms with van der Waals surface area (Å²) in [5, 5.41) is 7.63. The SMILES string of the molecule is CCC(C(=O)Nc1cc(NC2CCOC2)ccc1C)n1cc(Cl)cc2nc(SCc3ccc(F)cc3)nc1-2. The van der Waals surface area contributed by atoms with E-state index < -0.39 is 6.04 Å².